The number of nitrogens with zero attached hydrogens (tertiary/aromatic N) is 3. The second kappa shape index (κ2) is 10.0. The Morgan fingerprint density at radius 3 is 2.10 bits per heavy atom. The van der Waals surface area contributed by atoms with Crippen molar-refractivity contribution < 1.29 is 9.53 Å². The molecule has 1 heterocycles. The van der Waals surface area contributed by atoms with Crippen molar-refractivity contribution in [1.29, 1.82) is 5.26 Å². The van der Waals surface area contributed by atoms with E-state index in [0.717, 1.165) is 49.0 Å². The van der Waals surface area contributed by atoms with E-state index in [1.807, 2.05) is 18.2 Å². The van der Waals surface area contributed by atoms with Crippen LogP contribution in [0.3, 0.4) is 0 Å². The summed E-state index contributed by atoms with van der Waals surface area (Å²) < 4.78 is 5.67. The van der Waals surface area contributed by atoms with Crippen molar-refractivity contribution in [3.8, 4) is 23.2 Å². The van der Waals surface area contributed by atoms with E-state index in [9.17, 15) is 4.79 Å². The van der Waals surface area contributed by atoms with Crippen LogP contribution in [-0.2, 0) is 4.79 Å². The molecule has 0 radical (unpaired) electrons. The first kappa shape index (κ1) is 21.5. The van der Waals surface area contributed by atoms with Crippen LogP contribution >= 0.6 is 0 Å². The Morgan fingerprint density at radius 1 is 0.968 bits per heavy atom. The molecule has 0 unspecified atom stereocenters. The van der Waals surface area contributed by atoms with Gasteiger partial charge in [0.25, 0.3) is 0 Å². The Labute approximate surface area is 184 Å². The van der Waals surface area contributed by atoms with E-state index in [4.69, 9.17) is 10.00 Å². The van der Waals surface area contributed by atoms with Gasteiger partial charge in [-0.3, -0.25) is 4.79 Å². The molecule has 2 aliphatic rings. The fourth-order valence-electron chi connectivity index (χ4n) is 5.30. The summed E-state index contributed by atoms with van der Waals surface area (Å²) in [7, 11) is 0. The third kappa shape index (κ3) is 5.31. The third-order valence-electron chi connectivity index (χ3n) is 7.35. The van der Waals surface area contributed by atoms with Gasteiger partial charge in [-0.2, -0.15) is 5.26 Å². The van der Waals surface area contributed by atoms with Gasteiger partial charge >= 0.3 is 5.97 Å². The number of rotatable bonds is 5. The molecule has 31 heavy (non-hydrogen) atoms. The van der Waals surface area contributed by atoms with Gasteiger partial charge in [0.1, 0.15) is 11.8 Å². The number of hydrogen-bond acceptors (Lipinski definition) is 5. The van der Waals surface area contributed by atoms with Crippen molar-refractivity contribution >= 4 is 5.97 Å². The van der Waals surface area contributed by atoms with Gasteiger partial charge in [-0.1, -0.05) is 26.2 Å². The second-order valence-corrected chi connectivity index (χ2v) is 9.15. The minimum atomic E-state index is -0.101. The summed E-state index contributed by atoms with van der Waals surface area (Å²) in [5, 5.41) is 8.85. The van der Waals surface area contributed by atoms with Crippen LogP contribution in [0.2, 0.25) is 0 Å². The lowest BCUT2D eigenvalue weighted by atomic mass is 9.69. The van der Waals surface area contributed by atoms with Crippen molar-refractivity contribution in [3.05, 3.63) is 42.2 Å². The van der Waals surface area contributed by atoms with Crippen LogP contribution < -0.4 is 4.74 Å². The van der Waals surface area contributed by atoms with Crippen molar-refractivity contribution in [3.63, 3.8) is 0 Å². The van der Waals surface area contributed by atoms with Crippen LogP contribution in [0.1, 0.15) is 70.3 Å². The van der Waals surface area contributed by atoms with E-state index in [2.05, 4.69) is 16.9 Å². The van der Waals surface area contributed by atoms with E-state index < -0.39 is 0 Å². The quantitative estimate of drug-likeness (QED) is 0.444. The molecule has 1 aromatic heterocycles. The van der Waals surface area contributed by atoms with Crippen LogP contribution in [0, 0.1) is 35.0 Å². The molecule has 2 aromatic rings. The van der Waals surface area contributed by atoms with Gasteiger partial charge in [-0.15, -0.1) is 0 Å². The Bertz CT molecular complexity index is 901. The lowest BCUT2D eigenvalue weighted by Gasteiger charge is -2.37. The van der Waals surface area contributed by atoms with Crippen LogP contribution in [0.5, 0.6) is 5.75 Å². The molecule has 2 saturated carbocycles. The predicted octanol–water partition coefficient (Wildman–Crippen LogP) is 5.94. The zero-order chi connectivity index (χ0) is 21.6. The number of carbonyl (C=O) groups is 1. The minimum absolute atomic E-state index is 0.0183. The maximum Gasteiger partial charge on any atom is 0.314 e. The molecule has 2 aliphatic carbocycles. The molecular weight excluding hydrogens is 386 g/mol. The first-order valence-electron chi connectivity index (χ1n) is 11.7. The maximum atomic E-state index is 12.7. The Morgan fingerprint density at radius 2 is 1.55 bits per heavy atom. The SMILES string of the molecule is CC[C@H]1CC[C@H]([C@H]2CC[C@H](C(=O)Oc3ccc(-c4ncc(C#N)cn4)cc3)CC2)CC1. The molecule has 0 N–H and O–H groups in total. The van der Waals surface area contributed by atoms with Crippen LogP contribution in [-0.4, -0.2) is 15.9 Å². The number of esters is 1. The fourth-order valence-corrected chi connectivity index (χ4v) is 5.30. The summed E-state index contributed by atoms with van der Waals surface area (Å²) in [6.45, 7) is 2.32. The molecule has 2 fully saturated rings. The zero-order valence-electron chi connectivity index (χ0n) is 18.3. The molecule has 5 heteroatoms. The van der Waals surface area contributed by atoms with Gasteiger partial charge in [0, 0.05) is 18.0 Å². The lowest BCUT2D eigenvalue weighted by Crippen LogP contribution is -2.30. The summed E-state index contributed by atoms with van der Waals surface area (Å²) in [5.74, 6) is 3.63. The van der Waals surface area contributed by atoms with E-state index >= 15 is 0 Å². The maximum absolute atomic E-state index is 12.7. The highest BCUT2D eigenvalue weighted by atomic mass is 16.5. The molecule has 0 bridgehead atoms. The average Bonchev–Trinajstić information content (AvgIpc) is 2.85. The predicted molar refractivity (Wildman–Crippen MR) is 119 cm³/mol. The van der Waals surface area contributed by atoms with Crippen molar-refractivity contribution in [2.45, 2.75) is 64.7 Å². The van der Waals surface area contributed by atoms with E-state index in [0.29, 0.717) is 17.1 Å². The number of aromatic nitrogens is 2. The summed E-state index contributed by atoms with van der Waals surface area (Å²) in [5.41, 5.74) is 1.25. The highest BCUT2D eigenvalue weighted by Crippen LogP contribution is 2.42. The van der Waals surface area contributed by atoms with Crippen LogP contribution in [0.4, 0.5) is 0 Å². The Kier molecular flexibility index (Phi) is 6.96. The molecule has 0 spiro atoms. The van der Waals surface area contributed by atoms with Gasteiger partial charge in [0.15, 0.2) is 5.82 Å². The standard InChI is InChI=1S/C26H31N3O2/c1-2-18-3-5-20(6-4-18)21-7-9-23(10-8-21)26(30)31-24-13-11-22(12-14-24)25-28-16-19(15-27)17-29-25/h11-14,16-18,20-21,23H,2-10H2,1H3/t18-,20-,21-,23-. The highest BCUT2D eigenvalue weighted by molar-refractivity contribution is 5.75. The summed E-state index contributed by atoms with van der Waals surface area (Å²) in [6, 6.07) is 9.26. The number of benzene rings is 1. The van der Waals surface area contributed by atoms with E-state index in [1.165, 1.54) is 44.5 Å². The molecule has 162 valence electrons. The molecule has 4 rings (SSSR count). The first-order chi connectivity index (χ1) is 15.2. The highest BCUT2D eigenvalue weighted by Gasteiger charge is 2.33. The van der Waals surface area contributed by atoms with E-state index in [1.54, 1.807) is 12.1 Å². The minimum Gasteiger partial charge on any atom is -0.426 e. The molecule has 0 saturated heterocycles. The number of carbonyl (C=O) groups excluding carboxylic acids is 1. The van der Waals surface area contributed by atoms with E-state index in [-0.39, 0.29) is 11.9 Å². The lowest BCUT2D eigenvalue weighted by molar-refractivity contribution is -0.140. The van der Waals surface area contributed by atoms with Gasteiger partial charge in [0.2, 0.25) is 0 Å². The van der Waals surface area contributed by atoms with Crippen molar-refractivity contribution in [1.82, 2.24) is 9.97 Å². The third-order valence-corrected chi connectivity index (χ3v) is 7.35. The van der Waals surface area contributed by atoms with Crippen LogP contribution in [0.15, 0.2) is 36.7 Å². The fraction of sp³-hybridized carbons (Fsp3) is 0.538. The second-order valence-electron chi connectivity index (χ2n) is 9.15. The van der Waals surface area contributed by atoms with Gasteiger partial charge in [-0.25, -0.2) is 9.97 Å². The molecule has 5 nitrogen and oxygen atoms in total. The van der Waals surface area contributed by atoms with Crippen LogP contribution in [0.25, 0.3) is 11.4 Å². The monoisotopic (exact) mass is 417 g/mol. The Hall–Kier alpha value is -2.74. The smallest absolute Gasteiger partial charge is 0.314 e. The number of hydrogen-bond donors (Lipinski definition) is 0. The molecule has 1 aromatic carbocycles. The molecule has 0 aliphatic heterocycles. The molecular formula is C26H31N3O2. The summed E-state index contributed by atoms with van der Waals surface area (Å²) in [4.78, 5) is 21.1. The van der Waals surface area contributed by atoms with Crippen molar-refractivity contribution in [2.24, 2.45) is 23.7 Å². The van der Waals surface area contributed by atoms with Gasteiger partial charge in [-0.05, 0) is 80.5 Å². The van der Waals surface area contributed by atoms with Gasteiger partial charge < -0.3 is 4.74 Å². The zero-order valence-corrected chi connectivity index (χ0v) is 18.3. The topological polar surface area (TPSA) is 75.9 Å². The Balaban J connectivity index is 1.26. The number of ether oxygens (including phenoxy) is 1. The average molecular weight is 418 g/mol. The summed E-state index contributed by atoms with van der Waals surface area (Å²) >= 11 is 0. The first-order valence-corrected chi connectivity index (χ1v) is 11.7. The molecule has 0 atom stereocenters. The van der Waals surface area contributed by atoms with Gasteiger partial charge in [0.05, 0.1) is 11.5 Å². The number of nitriles is 1. The molecule has 0 amide bonds. The summed E-state index contributed by atoms with van der Waals surface area (Å²) in [6.07, 6.45) is 14.1. The van der Waals surface area contributed by atoms with Crippen molar-refractivity contribution in [2.75, 3.05) is 0 Å². The normalized spacial score (nSPS) is 26.1. The largest absolute Gasteiger partial charge is 0.426 e.